The Labute approximate surface area is 122 Å². The van der Waals surface area contributed by atoms with E-state index in [1.54, 1.807) is 12.1 Å². The SMILES string of the molecule is CCCOCCCNC(=O)c1ccc(/C=C/C(=O)O)s1. The molecule has 6 heteroatoms. The van der Waals surface area contributed by atoms with E-state index in [0.717, 1.165) is 30.4 Å². The average molecular weight is 297 g/mol. The second-order valence-electron chi connectivity index (χ2n) is 4.10. The molecule has 20 heavy (non-hydrogen) atoms. The number of thiophene rings is 1. The summed E-state index contributed by atoms with van der Waals surface area (Å²) >= 11 is 1.26. The lowest BCUT2D eigenvalue weighted by molar-refractivity contribution is -0.131. The molecule has 0 aliphatic heterocycles. The van der Waals surface area contributed by atoms with Gasteiger partial charge < -0.3 is 15.2 Å². The Kier molecular flexibility index (Phi) is 7.60. The highest BCUT2D eigenvalue weighted by molar-refractivity contribution is 7.14. The van der Waals surface area contributed by atoms with Gasteiger partial charge in [0.15, 0.2) is 0 Å². The molecule has 2 N–H and O–H groups in total. The third-order valence-electron chi connectivity index (χ3n) is 2.34. The molecule has 0 bridgehead atoms. The van der Waals surface area contributed by atoms with Gasteiger partial charge in [-0.2, -0.15) is 0 Å². The van der Waals surface area contributed by atoms with Crippen molar-refractivity contribution in [2.75, 3.05) is 19.8 Å². The number of carbonyl (C=O) groups is 2. The van der Waals surface area contributed by atoms with Crippen LogP contribution in [0.25, 0.3) is 6.08 Å². The van der Waals surface area contributed by atoms with Crippen molar-refractivity contribution in [2.45, 2.75) is 19.8 Å². The van der Waals surface area contributed by atoms with Gasteiger partial charge in [-0.05, 0) is 31.1 Å². The minimum absolute atomic E-state index is 0.138. The van der Waals surface area contributed by atoms with Gasteiger partial charge in [-0.25, -0.2) is 4.79 Å². The van der Waals surface area contributed by atoms with E-state index in [0.29, 0.717) is 18.0 Å². The number of carboxylic acids is 1. The Morgan fingerprint density at radius 1 is 1.40 bits per heavy atom. The summed E-state index contributed by atoms with van der Waals surface area (Å²) in [5.41, 5.74) is 0. The Morgan fingerprint density at radius 2 is 2.20 bits per heavy atom. The first-order valence-electron chi connectivity index (χ1n) is 6.50. The molecule has 0 unspecified atom stereocenters. The van der Waals surface area contributed by atoms with Crippen LogP contribution in [0, 0.1) is 0 Å². The molecule has 0 saturated carbocycles. The summed E-state index contributed by atoms with van der Waals surface area (Å²) in [5.74, 6) is -1.14. The van der Waals surface area contributed by atoms with Gasteiger partial charge in [0.2, 0.25) is 0 Å². The van der Waals surface area contributed by atoms with Crippen molar-refractivity contribution in [1.82, 2.24) is 5.32 Å². The van der Waals surface area contributed by atoms with Crippen LogP contribution >= 0.6 is 11.3 Å². The zero-order chi connectivity index (χ0) is 14.8. The topological polar surface area (TPSA) is 75.6 Å². The lowest BCUT2D eigenvalue weighted by Gasteiger charge is -2.04. The molecule has 0 aliphatic rings. The molecule has 1 rings (SSSR count). The predicted octanol–water partition coefficient (Wildman–Crippen LogP) is 2.39. The molecule has 5 nitrogen and oxygen atoms in total. The second-order valence-corrected chi connectivity index (χ2v) is 5.21. The molecule has 0 saturated heterocycles. The zero-order valence-corrected chi connectivity index (χ0v) is 12.2. The zero-order valence-electron chi connectivity index (χ0n) is 11.4. The van der Waals surface area contributed by atoms with E-state index < -0.39 is 5.97 Å². The lowest BCUT2D eigenvalue weighted by Crippen LogP contribution is -2.24. The number of carboxylic acid groups (broad SMARTS) is 1. The van der Waals surface area contributed by atoms with E-state index in [1.807, 2.05) is 0 Å². The molecule has 1 aromatic heterocycles. The number of hydrogen-bond donors (Lipinski definition) is 2. The van der Waals surface area contributed by atoms with Crippen LogP contribution in [0.4, 0.5) is 0 Å². The summed E-state index contributed by atoms with van der Waals surface area (Å²) in [6.45, 7) is 4.01. The van der Waals surface area contributed by atoms with Crippen molar-refractivity contribution in [1.29, 1.82) is 0 Å². The third-order valence-corrected chi connectivity index (χ3v) is 3.39. The quantitative estimate of drug-likeness (QED) is 0.542. The van der Waals surface area contributed by atoms with Crippen LogP contribution in [-0.2, 0) is 9.53 Å². The molecule has 0 atom stereocenters. The van der Waals surface area contributed by atoms with Gasteiger partial charge in [0.25, 0.3) is 5.91 Å². The smallest absolute Gasteiger partial charge is 0.328 e. The highest BCUT2D eigenvalue weighted by Gasteiger charge is 2.07. The monoisotopic (exact) mass is 297 g/mol. The van der Waals surface area contributed by atoms with Crippen molar-refractivity contribution in [2.24, 2.45) is 0 Å². The van der Waals surface area contributed by atoms with Crippen LogP contribution in [0.2, 0.25) is 0 Å². The molecule has 0 spiro atoms. The number of nitrogens with one attached hydrogen (secondary N) is 1. The second kappa shape index (κ2) is 9.28. The molecule has 1 heterocycles. The van der Waals surface area contributed by atoms with Gasteiger partial charge in [-0.3, -0.25) is 4.79 Å². The molecule has 110 valence electrons. The van der Waals surface area contributed by atoms with E-state index in [4.69, 9.17) is 9.84 Å². The van der Waals surface area contributed by atoms with Crippen molar-refractivity contribution >= 4 is 29.3 Å². The van der Waals surface area contributed by atoms with E-state index >= 15 is 0 Å². The molecular formula is C14H19NO4S. The van der Waals surface area contributed by atoms with Crippen LogP contribution in [0.15, 0.2) is 18.2 Å². The normalized spacial score (nSPS) is 10.8. The number of rotatable bonds is 9. The van der Waals surface area contributed by atoms with Gasteiger partial charge in [-0.15, -0.1) is 11.3 Å². The Balaban J connectivity index is 2.31. The van der Waals surface area contributed by atoms with E-state index in [9.17, 15) is 9.59 Å². The molecule has 1 aromatic rings. The summed E-state index contributed by atoms with van der Waals surface area (Å²) in [4.78, 5) is 23.5. The van der Waals surface area contributed by atoms with Crippen LogP contribution in [-0.4, -0.2) is 36.7 Å². The minimum atomic E-state index is -1.00. The average Bonchev–Trinajstić information content (AvgIpc) is 2.89. The summed E-state index contributed by atoms with van der Waals surface area (Å²) < 4.78 is 5.32. The molecular weight excluding hydrogens is 278 g/mol. The third kappa shape index (κ3) is 6.49. The maximum atomic E-state index is 11.8. The van der Waals surface area contributed by atoms with Crippen LogP contribution in [0.1, 0.15) is 34.3 Å². The summed E-state index contributed by atoms with van der Waals surface area (Å²) in [7, 11) is 0. The van der Waals surface area contributed by atoms with Gasteiger partial charge in [0.05, 0.1) is 4.88 Å². The van der Waals surface area contributed by atoms with Crippen molar-refractivity contribution in [3.8, 4) is 0 Å². The van der Waals surface area contributed by atoms with Crippen molar-refractivity contribution < 1.29 is 19.4 Å². The molecule has 0 aromatic carbocycles. The van der Waals surface area contributed by atoms with Gasteiger partial charge in [0, 0.05) is 30.7 Å². The molecule has 1 amide bonds. The fraction of sp³-hybridized carbons (Fsp3) is 0.429. The molecule has 0 fully saturated rings. The lowest BCUT2D eigenvalue weighted by atomic mass is 10.3. The maximum absolute atomic E-state index is 11.8. The summed E-state index contributed by atoms with van der Waals surface area (Å²) in [6.07, 6.45) is 4.30. The van der Waals surface area contributed by atoms with Crippen LogP contribution in [0.3, 0.4) is 0 Å². The van der Waals surface area contributed by atoms with Crippen molar-refractivity contribution in [3.63, 3.8) is 0 Å². The standard InChI is InChI=1S/C14H19NO4S/c1-2-9-19-10-3-8-15-14(18)12-6-4-11(20-12)5-7-13(16)17/h4-7H,2-3,8-10H2,1H3,(H,15,18)(H,16,17)/b7-5+. The van der Waals surface area contributed by atoms with Gasteiger partial charge >= 0.3 is 5.97 Å². The number of amides is 1. The van der Waals surface area contributed by atoms with Crippen molar-refractivity contribution in [3.05, 3.63) is 28.0 Å². The predicted molar refractivity (Wildman–Crippen MR) is 79.0 cm³/mol. The number of aliphatic carboxylic acids is 1. The van der Waals surface area contributed by atoms with E-state index in [1.165, 1.54) is 17.4 Å². The fourth-order valence-corrected chi connectivity index (χ4v) is 2.25. The Morgan fingerprint density at radius 3 is 2.90 bits per heavy atom. The minimum Gasteiger partial charge on any atom is -0.478 e. The first-order valence-corrected chi connectivity index (χ1v) is 7.32. The number of ether oxygens (including phenoxy) is 1. The highest BCUT2D eigenvalue weighted by Crippen LogP contribution is 2.17. The summed E-state index contributed by atoms with van der Waals surface area (Å²) in [6, 6.07) is 3.42. The summed E-state index contributed by atoms with van der Waals surface area (Å²) in [5, 5.41) is 11.3. The first kappa shape index (κ1) is 16.4. The Bertz CT molecular complexity index is 467. The largest absolute Gasteiger partial charge is 0.478 e. The molecule has 0 aliphatic carbocycles. The highest BCUT2D eigenvalue weighted by atomic mass is 32.1. The van der Waals surface area contributed by atoms with Crippen LogP contribution in [0.5, 0.6) is 0 Å². The molecule has 0 radical (unpaired) electrons. The van der Waals surface area contributed by atoms with Gasteiger partial charge in [0.1, 0.15) is 0 Å². The maximum Gasteiger partial charge on any atom is 0.328 e. The number of carbonyl (C=O) groups excluding carboxylic acids is 1. The fourth-order valence-electron chi connectivity index (χ4n) is 1.43. The van der Waals surface area contributed by atoms with Crippen LogP contribution < -0.4 is 5.32 Å². The van der Waals surface area contributed by atoms with E-state index in [-0.39, 0.29) is 5.91 Å². The van der Waals surface area contributed by atoms with Gasteiger partial charge in [-0.1, -0.05) is 6.92 Å². The first-order chi connectivity index (χ1) is 9.63. The number of hydrogen-bond acceptors (Lipinski definition) is 4. The van der Waals surface area contributed by atoms with E-state index in [2.05, 4.69) is 12.2 Å². The Hall–Kier alpha value is -1.66.